The summed E-state index contributed by atoms with van der Waals surface area (Å²) in [5, 5.41) is 2.68. The van der Waals surface area contributed by atoms with Crippen LogP contribution in [0.25, 0.3) is 11.0 Å². The highest BCUT2D eigenvalue weighted by molar-refractivity contribution is 14.1. The molecule has 0 radical (unpaired) electrons. The minimum Gasteiger partial charge on any atom is -0.345 e. The number of fused-ring (bicyclic) bond motifs is 1. The molecule has 0 bridgehead atoms. The van der Waals surface area contributed by atoms with Gasteiger partial charge in [0, 0.05) is 27.6 Å². The van der Waals surface area contributed by atoms with Gasteiger partial charge in [-0.2, -0.15) is 0 Å². The van der Waals surface area contributed by atoms with Crippen LogP contribution in [-0.2, 0) is 11.3 Å². The van der Waals surface area contributed by atoms with E-state index < -0.39 is 34.8 Å². The van der Waals surface area contributed by atoms with E-state index in [0.29, 0.717) is 14.6 Å². The second kappa shape index (κ2) is 10.1. The Morgan fingerprint density at radius 3 is 2.59 bits per heavy atom. The van der Waals surface area contributed by atoms with Gasteiger partial charge >= 0.3 is 0 Å². The zero-order valence-corrected chi connectivity index (χ0v) is 20.5. The predicted molar refractivity (Wildman–Crippen MR) is 134 cm³/mol. The van der Waals surface area contributed by atoms with Gasteiger partial charge in [-0.15, -0.1) is 0 Å². The fourth-order valence-corrected chi connectivity index (χ4v) is 4.62. The van der Waals surface area contributed by atoms with Crippen molar-refractivity contribution in [1.82, 2.24) is 15.3 Å². The van der Waals surface area contributed by atoms with Crippen molar-refractivity contribution in [2.75, 3.05) is 4.31 Å². The summed E-state index contributed by atoms with van der Waals surface area (Å²) in [6, 6.07) is 12.1. The molecule has 3 aromatic carbocycles. The number of benzene rings is 3. The molecule has 2 N–H and O–H groups in total. The lowest BCUT2D eigenvalue weighted by molar-refractivity contribution is 0.0940. The molecule has 4 rings (SSSR count). The zero-order chi connectivity index (χ0) is 24.4. The normalized spacial score (nSPS) is 12.9. The Hall–Kier alpha value is -3.03. The van der Waals surface area contributed by atoms with Crippen molar-refractivity contribution in [2.24, 2.45) is 0 Å². The largest absolute Gasteiger partial charge is 0.345 e. The van der Waals surface area contributed by atoms with Crippen LogP contribution in [0.3, 0.4) is 0 Å². The summed E-state index contributed by atoms with van der Waals surface area (Å²) in [4.78, 5) is 21.7. The number of hydrogen-bond donors (Lipinski definition) is 2. The first-order chi connectivity index (χ1) is 16.3. The molecule has 1 aromatic heterocycles. The first-order valence-electron chi connectivity index (χ1n) is 9.92. The third-order valence-corrected chi connectivity index (χ3v) is 6.43. The molecule has 0 aliphatic carbocycles. The summed E-state index contributed by atoms with van der Waals surface area (Å²) in [7, 11) is 0. The van der Waals surface area contributed by atoms with Crippen LogP contribution in [0.1, 0.15) is 28.9 Å². The molecule has 2 unspecified atom stereocenters. The number of carbonyl (C=O) groups is 1. The summed E-state index contributed by atoms with van der Waals surface area (Å²) >= 11 is -0.541. The average Bonchev–Trinajstić information content (AvgIpc) is 2.79. The number of amides is 1. The van der Waals surface area contributed by atoms with E-state index >= 15 is 0 Å². The van der Waals surface area contributed by atoms with Gasteiger partial charge in [0.05, 0.1) is 28.5 Å². The van der Waals surface area contributed by atoms with E-state index in [1.807, 2.05) is 22.6 Å². The number of para-hydroxylation sites is 1. The molecule has 0 saturated carbocycles. The topological polar surface area (TPSA) is 95.4 Å². The van der Waals surface area contributed by atoms with Crippen molar-refractivity contribution in [3.63, 3.8) is 0 Å². The predicted octanol–water partition coefficient (Wildman–Crippen LogP) is 5.28. The smallest absolute Gasteiger partial charge is 0.266 e. The summed E-state index contributed by atoms with van der Waals surface area (Å²) in [5.74, 6) is -2.12. The molecule has 174 valence electrons. The van der Waals surface area contributed by atoms with Crippen molar-refractivity contribution < 1.29 is 22.3 Å². The second-order valence-electron chi connectivity index (χ2n) is 7.25. The van der Waals surface area contributed by atoms with E-state index in [-0.39, 0.29) is 22.5 Å². The van der Waals surface area contributed by atoms with E-state index in [1.165, 1.54) is 24.5 Å². The van der Waals surface area contributed by atoms with E-state index in [4.69, 9.17) is 0 Å². The minimum absolute atomic E-state index is 0.0816. The van der Waals surface area contributed by atoms with Gasteiger partial charge < -0.3 is 5.32 Å². The molecular formula is C23H17F2IN4O3S. The van der Waals surface area contributed by atoms with Crippen molar-refractivity contribution in [1.29, 1.82) is 0 Å². The lowest BCUT2D eigenvalue weighted by atomic mass is 10.1. The molecule has 0 aliphatic heterocycles. The highest BCUT2D eigenvalue weighted by Gasteiger charge is 2.26. The van der Waals surface area contributed by atoms with Gasteiger partial charge in [0.15, 0.2) is 0 Å². The monoisotopic (exact) mass is 594 g/mol. The molecule has 0 spiro atoms. The van der Waals surface area contributed by atoms with E-state index in [0.717, 1.165) is 16.4 Å². The van der Waals surface area contributed by atoms with Crippen molar-refractivity contribution in [3.8, 4) is 0 Å². The molecule has 34 heavy (non-hydrogen) atoms. The van der Waals surface area contributed by atoms with Gasteiger partial charge in [-0.3, -0.25) is 19.3 Å². The van der Waals surface area contributed by atoms with Crippen LogP contribution in [0.2, 0.25) is 0 Å². The van der Waals surface area contributed by atoms with Crippen LogP contribution in [0.4, 0.5) is 20.2 Å². The van der Waals surface area contributed by atoms with Gasteiger partial charge in [0.25, 0.3) is 17.2 Å². The Kier molecular flexibility index (Phi) is 7.14. The van der Waals surface area contributed by atoms with Crippen molar-refractivity contribution in [2.45, 2.75) is 13.0 Å². The lowest BCUT2D eigenvalue weighted by Crippen LogP contribution is -2.30. The maximum atomic E-state index is 14.2. The van der Waals surface area contributed by atoms with Crippen molar-refractivity contribution in [3.05, 3.63) is 93.3 Å². The highest BCUT2D eigenvalue weighted by Crippen LogP contribution is 2.35. The summed E-state index contributed by atoms with van der Waals surface area (Å²) in [5.41, 5.74) is 1.49. The van der Waals surface area contributed by atoms with Gasteiger partial charge in [0.1, 0.15) is 17.2 Å². The third kappa shape index (κ3) is 4.91. The Bertz CT molecular complexity index is 1420. The molecule has 1 amide bonds. The highest BCUT2D eigenvalue weighted by atomic mass is 127. The first-order valence-corrected chi connectivity index (χ1v) is 12.1. The van der Waals surface area contributed by atoms with Crippen LogP contribution in [0, 0.1) is 15.2 Å². The maximum Gasteiger partial charge on any atom is 0.266 e. The van der Waals surface area contributed by atoms with Crippen molar-refractivity contribution >= 4 is 62.2 Å². The fraction of sp³-hybridized carbons (Fsp3) is 0.0870. The quantitative estimate of drug-likeness (QED) is 0.234. The van der Waals surface area contributed by atoms with Crippen LogP contribution in [-0.4, -0.2) is 24.6 Å². The molecule has 2 atom stereocenters. The number of anilines is 2. The number of halogens is 3. The number of nitrogens with one attached hydrogen (secondary N) is 1. The van der Waals surface area contributed by atoms with E-state index in [1.54, 1.807) is 37.3 Å². The zero-order valence-electron chi connectivity index (χ0n) is 17.6. The number of aromatic nitrogens is 2. The molecule has 1 heterocycles. The Morgan fingerprint density at radius 2 is 1.85 bits per heavy atom. The average molecular weight is 594 g/mol. The number of nitrogens with zero attached hydrogens (tertiary/aromatic N) is 3. The van der Waals surface area contributed by atoms with Gasteiger partial charge in [-0.05, 0) is 65.9 Å². The first kappa shape index (κ1) is 24.1. The SMILES string of the molecule is CC(NC(=O)c1ccc(I)cc1N(c1cccc2nccnc12)S(=O)O)c1ccc(F)cc1F. The fourth-order valence-electron chi connectivity index (χ4n) is 3.51. The Labute approximate surface area is 209 Å². The van der Waals surface area contributed by atoms with Crippen LogP contribution in [0.5, 0.6) is 0 Å². The van der Waals surface area contributed by atoms with Crippen LogP contribution >= 0.6 is 22.6 Å². The Balaban J connectivity index is 1.77. The van der Waals surface area contributed by atoms with Gasteiger partial charge in [0.2, 0.25) is 0 Å². The standard InChI is InChI=1S/C23H17F2IN4O3S/c1-13(16-7-5-14(24)11-18(16)25)29-23(31)17-8-6-15(26)12-21(17)30(34(32)33)20-4-2-3-19-22(20)28-10-9-27-19/h2-13H,1H3,(H,29,31)(H,32,33). The molecule has 0 fully saturated rings. The van der Waals surface area contributed by atoms with E-state index in [9.17, 15) is 22.3 Å². The third-order valence-electron chi connectivity index (χ3n) is 5.05. The number of hydrogen-bond acceptors (Lipinski definition) is 4. The number of rotatable bonds is 6. The molecule has 11 heteroatoms. The summed E-state index contributed by atoms with van der Waals surface area (Å²) in [6.45, 7) is 1.56. The number of carbonyl (C=O) groups excluding carboxylic acids is 1. The van der Waals surface area contributed by atoms with Crippen LogP contribution < -0.4 is 9.62 Å². The Morgan fingerprint density at radius 1 is 1.09 bits per heavy atom. The summed E-state index contributed by atoms with van der Waals surface area (Å²) < 4.78 is 52.0. The molecule has 0 aliphatic rings. The second-order valence-corrected chi connectivity index (χ2v) is 9.32. The lowest BCUT2D eigenvalue weighted by Gasteiger charge is -2.24. The van der Waals surface area contributed by atoms with Gasteiger partial charge in [-0.25, -0.2) is 17.3 Å². The molecule has 0 saturated heterocycles. The minimum atomic E-state index is -2.57. The molecule has 7 nitrogen and oxygen atoms in total. The van der Waals surface area contributed by atoms with Crippen LogP contribution in [0.15, 0.2) is 67.0 Å². The molecular weight excluding hydrogens is 577 g/mol. The molecule has 4 aromatic rings. The van der Waals surface area contributed by atoms with E-state index in [2.05, 4.69) is 15.3 Å². The maximum absolute atomic E-state index is 14.2. The van der Waals surface area contributed by atoms with Gasteiger partial charge in [-0.1, -0.05) is 12.1 Å². The summed E-state index contributed by atoms with van der Waals surface area (Å²) in [6.07, 6.45) is 2.97.